The molecule has 7 aromatic rings. The fourth-order valence-electron chi connectivity index (χ4n) is 5.49. The van der Waals surface area contributed by atoms with Crippen molar-refractivity contribution in [2.24, 2.45) is 5.92 Å². The molecule has 47 heavy (non-hydrogen) atoms. The number of thiophene rings is 1. The smallest absolute Gasteiger partial charge is 0.0795 e. The molecule has 3 heterocycles. The predicted molar refractivity (Wildman–Crippen MR) is 202 cm³/mol. The number of hydrogen-bond donors (Lipinski definition) is 0. The number of pyridine rings is 2. The maximum absolute atomic E-state index is 4.65. The molecule has 4 aromatic carbocycles. The third-order valence-corrected chi connectivity index (χ3v) is 11.9. The number of aromatic nitrogens is 2. The Kier molecular flexibility index (Phi) is 11.0. The summed E-state index contributed by atoms with van der Waals surface area (Å²) in [7, 11) is -1.23. The summed E-state index contributed by atoms with van der Waals surface area (Å²) in [5.74, 6) is 1.11. The molecule has 7 rings (SSSR count). The van der Waals surface area contributed by atoms with Crippen molar-refractivity contribution in [2.45, 2.75) is 46.3 Å². The molecule has 0 aliphatic rings. The molecule has 3 aromatic heterocycles. The van der Waals surface area contributed by atoms with E-state index in [0.717, 1.165) is 22.5 Å². The fraction of sp³-hybridized carbons (Fsp3) is 0.190. The third kappa shape index (κ3) is 8.05. The molecule has 1 radical (unpaired) electrons. The van der Waals surface area contributed by atoms with Gasteiger partial charge in [-0.2, -0.15) is 11.3 Å². The van der Waals surface area contributed by atoms with Crippen LogP contribution in [0.5, 0.6) is 0 Å². The minimum absolute atomic E-state index is 0. The molecule has 1 atom stereocenters. The largest absolute Gasteiger partial charge is 0.305 e. The van der Waals surface area contributed by atoms with Gasteiger partial charge in [0, 0.05) is 37.2 Å². The number of fused-ring (bicyclic) bond motifs is 3. The third-order valence-electron chi connectivity index (χ3n) is 8.71. The summed E-state index contributed by atoms with van der Waals surface area (Å²) >= 11 is 1.83. The van der Waals surface area contributed by atoms with Crippen molar-refractivity contribution < 1.29 is 20.1 Å². The maximum atomic E-state index is 4.65. The molecule has 0 aliphatic carbocycles. The second-order valence-corrected chi connectivity index (χ2v) is 19.4. The number of benzene rings is 4. The van der Waals surface area contributed by atoms with E-state index in [0.29, 0.717) is 11.8 Å². The molecule has 0 N–H and O–H groups in total. The summed E-state index contributed by atoms with van der Waals surface area (Å²) in [6.45, 7) is 13.8. The van der Waals surface area contributed by atoms with Crippen molar-refractivity contribution in [3.8, 4) is 33.6 Å². The number of rotatable bonds is 6. The number of nitrogens with zero attached hydrogens (tertiary/aromatic N) is 2. The fourth-order valence-corrected chi connectivity index (χ4v) is 7.63. The van der Waals surface area contributed by atoms with Crippen molar-refractivity contribution in [3.05, 3.63) is 139 Å². The standard InChI is InChI=1S/C28H24NS.C14H16NSi.Ir/c1-18(2)19(3)21-13-14-29-26(16-21)23-10-12-27-25(15-23)24-11-9-22(17-28(24)30-27)20-7-5-4-6-8-20;1-16(2,3)13-9-10-14(15-11-13)12-7-5-4-6-8-12;/h4-9,11-19H,1-3H3;4-7,9-11H,1-3H3;/q2*-1;. The van der Waals surface area contributed by atoms with Crippen LogP contribution in [0.1, 0.15) is 32.3 Å². The first-order chi connectivity index (χ1) is 22.2. The molecule has 1 unspecified atom stereocenters. The van der Waals surface area contributed by atoms with Gasteiger partial charge < -0.3 is 9.97 Å². The van der Waals surface area contributed by atoms with E-state index in [-0.39, 0.29) is 20.1 Å². The van der Waals surface area contributed by atoms with Gasteiger partial charge in [-0.1, -0.05) is 112 Å². The van der Waals surface area contributed by atoms with Crippen LogP contribution in [-0.2, 0) is 20.1 Å². The van der Waals surface area contributed by atoms with Gasteiger partial charge in [-0.15, -0.1) is 59.7 Å². The van der Waals surface area contributed by atoms with Gasteiger partial charge in [0.25, 0.3) is 0 Å². The molecule has 0 bridgehead atoms. The zero-order valence-corrected chi connectivity index (χ0v) is 32.0. The Balaban J connectivity index is 0.000000217. The normalized spacial score (nSPS) is 12.0. The zero-order valence-electron chi connectivity index (χ0n) is 27.8. The van der Waals surface area contributed by atoms with Gasteiger partial charge in [0.1, 0.15) is 0 Å². The van der Waals surface area contributed by atoms with Crippen molar-refractivity contribution in [1.29, 1.82) is 0 Å². The average Bonchev–Trinajstić information content (AvgIpc) is 3.46. The van der Waals surface area contributed by atoms with Crippen LogP contribution < -0.4 is 5.19 Å². The summed E-state index contributed by atoms with van der Waals surface area (Å²) in [6.07, 6.45) is 3.95. The van der Waals surface area contributed by atoms with Gasteiger partial charge in [-0.3, -0.25) is 0 Å². The van der Waals surface area contributed by atoms with Crippen LogP contribution in [0.3, 0.4) is 0 Å². The Labute approximate surface area is 298 Å². The van der Waals surface area contributed by atoms with Crippen molar-refractivity contribution >= 4 is 44.8 Å². The van der Waals surface area contributed by atoms with Crippen LogP contribution in [0, 0.1) is 18.1 Å². The van der Waals surface area contributed by atoms with Crippen molar-refractivity contribution in [1.82, 2.24) is 9.97 Å². The van der Waals surface area contributed by atoms with E-state index in [4.69, 9.17) is 0 Å². The Hall–Kier alpha value is -3.73. The van der Waals surface area contributed by atoms with E-state index in [1.807, 2.05) is 48.0 Å². The first-order valence-corrected chi connectivity index (χ1v) is 20.3. The van der Waals surface area contributed by atoms with Crippen LogP contribution in [-0.4, -0.2) is 18.0 Å². The molecule has 0 saturated carbocycles. The Morgan fingerprint density at radius 1 is 0.660 bits per heavy atom. The zero-order chi connectivity index (χ0) is 32.3. The first-order valence-electron chi connectivity index (χ1n) is 16.0. The number of hydrogen-bond acceptors (Lipinski definition) is 3. The molecule has 0 amide bonds. The molecule has 0 fully saturated rings. The molecule has 2 nitrogen and oxygen atoms in total. The Morgan fingerprint density at radius 3 is 2.13 bits per heavy atom. The minimum atomic E-state index is -1.23. The molecule has 239 valence electrons. The minimum Gasteiger partial charge on any atom is -0.305 e. The van der Waals surface area contributed by atoms with Gasteiger partial charge in [0.05, 0.1) is 8.07 Å². The second-order valence-electron chi connectivity index (χ2n) is 13.3. The summed E-state index contributed by atoms with van der Waals surface area (Å²) in [5, 5.41) is 3.98. The quantitative estimate of drug-likeness (QED) is 0.123. The van der Waals surface area contributed by atoms with Crippen molar-refractivity contribution in [3.63, 3.8) is 0 Å². The summed E-state index contributed by atoms with van der Waals surface area (Å²) < 4.78 is 2.58. The van der Waals surface area contributed by atoms with E-state index >= 15 is 0 Å². The van der Waals surface area contributed by atoms with E-state index < -0.39 is 8.07 Å². The monoisotopic (exact) mass is 825 g/mol. The summed E-state index contributed by atoms with van der Waals surface area (Å²) in [4.78, 5) is 9.17. The summed E-state index contributed by atoms with van der Waals surface area (Å²) in [6, 6.07) is 45.0. The molecular formula is C42H40IrN2SSi-2. The van der Waals surface area contributed by atoms with Gasteiger partial charge in [-0.25, -0.2) is 0 Å². The average molecular weight is 825 g/mol. The second kappa shape index (κ2) is 15.0. The summed E-state index contributed by atoms with van der Waals surface area (Å²) in [5.41, 5.74) is 7.98. The van der Waals surface area contributed by atoms with E-state index in [1.165, 1.54) is 42.0 Å². The van der Waals surface area contributed by atoms with Crippen LogP contribution in [0.4, 0.5) is 0 Å². The first kappa shape index (κ1) is 34.6. The Bertz CT molecular complexity index is 2060. The molecule has 0 aliphatic heterocycles. The van der Waals surface area contributed by atoms with E-state index in [1.54, 1.807) is 0 Å². The molecular weight excluding hydrogens is 785 g/mol. The van der Waals surface area contributed by atoms with Crippen molar-refractivity contribution in [2.75, 3.05) is 0 Å². The molecule has 0 spiro atoms. The van der Waals surface area contributed by atoms with E-state index in [9.17, 15) is 0 Å². The van der Waals surface area contributed by atoms with Crippen LogP contribution >= 0.6 is 11.3 Å². The van der Waals surface area contributed by atoms with Crippen LogP contribution in [0.25, 0.3) is 53.8 Å². The predicted octanol–water partition coefficient (Wildman–Crippen LogP) is 11.4. The van der Waals surface area contributed by atoms with E-state index in [2.05, 4.69) is 147 Å². The Morgan fingerprint density at radius 2 is 1.45 bits per heavy atom. The maximum Gasteiger partial charge on any atom is 0.0795 e. The van der Waals surface area contributed by atoms with Gasteiger partial charge in [0.2, 0.25) is 0 Å². The van der Waals surface area contributed by atoms with Crippen LogP contribution in [0.15, 0.2) is 122 Å². The molecule has 0 saturated heterocycles. The van der Waals surface area contributed by atoms with Gasteiger partial charge in [0.15, 0.2) is 0 Å². The topological polar surface area (TPSA) is 25.8 Å². The molecule has 5 heteroatoms. The van der Waals surface area contributed by atoms with Gasteiger partial charge >= 0.3 is 0 Å². The van der Waals surface area contributed by atoms with Crippen LogP contribution in [0.2, 0.25) is 19.6 Å². The SMILES string of the molecule is CC(C)C(C)c1ccnc(-c2[c-]cc3sc4cc(-c5ccccc5)ccc4c3c2)c1.C[Si](C)(C)c1ccc(-c2[c-]cccc2)nc1.[Ir]. The van der Waals surface area contributed by atoms with Gasteiger partial charge in [-0.05, 0) is 61.8 Å².